The number of halogens is 1. The fourth-order valence-corrected chi connectivity index (χ4v) is 1.90. The van der Waals surface area contributed by atoms with Gasteiger partial charge in [0.1, 0.15) is 11.6 Å². The van der Waals surface area contributed by atoms with Crippen molar-refractivity contribution in [3.63, 3.8) is 0 Å². The van der Waals surface area contributed by atoms with E-state index in [-0.39, 0.29) is 11.9 Å². The van der Waals surface area contributed by atoms with E-state index in [9.17, 15) is 4.39 Å². The standard InChI is InChI=1S/C12H16FNO/c1-2-6-14-11-5-7-15-12-4-3-9(13)8-10(11)12/h3-4,8,11,14H,2,5-7H2,1H3. The second kappa shape index (κ2) is 4.62. The molecule has 1 N–H and O–H groups in total. The van der Waals surface area contributed by atoms with Gasteiger partial charge in [-0.05, 0) is 31.2 Å². The number of hydrogen-bond donors (Lipinski definition) is 1. The highest BCUT2D eigenvalue weighted by Crippen LogP contribution is 2.32. The molecule has 1 aliphatic rings. The summed E-state index contributed by atoms with van der Waals surface area (Å²) in [6, 6.07) is 4.97. The smallest absolute Gasteiger partial charge is 0.124 e. The van der Waals surface area contributed by atoms with Crippen LogP contribution in [0.4, 0.5) is 4.39 Å². The maximum Gasteiger partial charge on any atom is 0.124 e. The predicted molar refractivity (Wildman–Crippen MR) is 57.5 cm³/mol. The van der Waals surface area contributed by atoms with E-state index in [2.05, 4.69) is 12.2 Å². The summed E-state index contributed by atoms with van der Waals surface area (Å²) in [4.78, 5) is 0. The molecule has 0 aromatic heterocycles. The van der Waals surface area contributed by atoms with E-state index in [4.69, 9.17) is 4.74 Å². The van der Waals surface area contributed by atoms with Gasteiger partial charge in [0, 0.05) is 18.0 Å². The van der Waals surface area contributed by atoms with Crippen LogP contribution in [-0.4, -0.2) is 13.2 Å². The maximum atomic E-state index is 13.1. The van der Waals surface area contributed by atoms with Crippen molar-refractivity contribution in [1.82, 2.24) is 5.32 Å². The van der Waals surface area contributed by atoms with Crippen molar-refractivity contribution in [2.24, 2.45) is 0 Å². The number of benzene rings is 1. The van der Waals surface area contributed by atoms with Crippen LogP contribution >= 0.6 is 0 Å². The summed E-state index contributed by atoms with van der Waals surface area (Å²) in [5.41, 5.74) is 0.953. The van der Waals surface area contributed by atoms with Gasteiger partial charge in [-0.2, -0.15) is 0 Å². The lowest BCUT2D eigenvalue weighted by Gasteiger charge is -2.26. The molecule has 1 aliphatic heterocycles. The van der Waals surface area contributed by atoms with Crippen molar-refractivity contribution in [3.8, 4) is 5.75 Å². The highest BCUT2D eigenvalue weighted by molar-refractivity contribution is 5.37. The molecule has 82 valence electrons. The molecule has 1 unspecified atom stereocenters. The zero-order valence-corrected chi connectivity index (χ0v) is 8.92. The second-order valence-corrected chi connectivity index (χ2v) is 3.83. The Kier molecular flexibility index (Phi) is 3.21. The van der Waals surface area contributed by atoms with Crippen LogP contribution < -0.4 is 10.1 Å². The zero-order chi connectivity index (χ0) is 10.7. The SMILES string of the molecule is CCCNC1CCOc2ccc(F)cc21. The minimum atomic E-state index is -0.192. The number of fused-ring (bicyclic) bond motifs is 1. The van der Waals surface area contributed by atoms with Crippen LogP contribution in [0.15, 0.2) is 18.2 Å². The monoisotopic (exact) mass is 209 g/mol. The molecule has 1 atom stereocenters. The zero-order valence-electron chi connectivity index (χ0n) is 8.92. The summed E-state index contributed by atoms with van der Waals surface area (Å²) < 4.78 is 18.6. The molecule has 0 bridgehead atoms. The molecule has 0 amide bonds. The Morgan fingerprint density at radius 3 is 3.20 bits per heavy atom. The van der Waals surface area contributed by atoms with Crippen LogP contribution in [-0.2, 0) is 0 Å². The molecule has 1 heterocycles. The van der Waals surface area contributed by atoms with Crippen molar-refractivity contribution >= 4 is 0 Å². The highest BCUT2D eigenvalue weighted by atomic mass is 19.1. The van der Waals surface area contributed by atoms with E-state index in [0.29, 0.717) is 6.61 Å². The number of rotatable bonds is 3. The quantitative estimate of drug-likeness (QED) is 0.826. The Labute approximate surface area is 89.4 Å². The third-order valence-corrected chi connectivity index (χ3v) is 2.65. The molecule has 0 aliphatic carbocycles. The topological polar surface area (TPSA) is 21.3 Å². The third-order valence-electron chi connectivity index (χ3n) is 2.65. The summed E-state index contributed by atoms with van der Waals surface area (Å²) in [5, 5.41) is 3.41. The summed E-state index contributed by atoms with van der Waals surface area (Å²) in [5.74, 6) is 0.624. The van der Waals surface area contributed by atoms with Crippen LogP contribution in [0, 0.1) is 5.82 Å². The number of ether oxygens (including phenoxy) is 1. The Bertz CT molecular complexity index is 340. The van der Waals surface area contributed by atoms with Crippen LogP contribution in [0.25, 0.3) is 0 Å². The van der Waals surface area contributed by atoms with E-state index in [1.54, 1.807) is 12.1 Å². The molecule has 0 radical (unpaired) electrons. The van der Waals surface area contributed by atoms with Crippen molar-refractivity contribution < 1.29 is 9.13 Å². The molecule has 3 heteroatoms. The van der Waals surface area contributed by atoms with E-state index in [0.717, 1.165) is 30.7 Å². The average Bonchev–Trinajstić information content (AvgIpc) is 2.26. The minimum Gasteiger partial charge on any atom is -0.493 e. The minimum absolute atomic E-state index is 0.192. The molecule has 0 saturated carbocycles. The molecular formula is C12H16FNO. The highest BCUT2D eigenvalue weighted by Gasteiger charge is 2.20. The van der Waals surface area contributed by atoms with Crippen molar-refractivity contribution in [1.29, 1.82) is 0 Å². The van der Waals surface area contributed by atoms with E-state index >= 15 is 0 Å². The Hall–Kier alpha value is -1.09. The summed E-state index contributed by atoms with van der Waals surface area (Å²) in [6.45, 7) is 3.79. The Balaban J connectivity index is 2.20. The van der Waals surface area contributed by atoms with Gasteiger partial charge >= 0.3 is 0 Å². The molecule has 0 spiro atoms. The van der Waals surface area contributed by atoms with Gasteiger partial charge < -0.3 is 10.1 Å². The lowest BCUT2D eigenvalue weighted by molar-refractivity contribution is 0.252. The van der Waals surface area contributed by atoms with Gasteiger partial charge in [0.25, 0.3) is 0 Å². The molecule has 1 aromatic carbocycles. The van der Waals surface area contributed by atoms with Gasteiger partial charge in [-0.25, -0.2) is 4.39 Å². The molecule has 2 nitrogen and oxygen atoms in total. The second-order valence-electron chi connectivity index (χ2n) is 3.83. The normalized spacial score (nSPS) is 19.5. The lowest BCUT2D eigenvalue weighted by Crippen LogP contribution is -2.27. The van der Waals surface area contributed by atoms with Crippen molar-refractivity contribution in [2.45, 2.75) is 25.8 Å². The first-order valence-electron chi connectivity index (χ1n) is 5.47. The van der Waals surface area contributed by atoms with Crippen LogP contribution in [0.5, 0.6) is 5.75 Å². The molecule has 1 aromatic rings. The average molecular weight is 209 g/mol. The molecule has 0 saturated heterocycles. The summed E-state index contributed by atoms with van der Waals surface area (Å²) in [7, 11) is 0. The lowest BCUT2D eigenvalue weighted by atomic mass is 10.0. The fraction of sp³-hybridized carbons (Fsp3) is 0.500. The van der Waals surface area contributed by atoms with Crippen molar-refractivity contribution in [2.75, 3.05) is 13.2 Å². The van der Waals surface area contributed by atoms with Gasteiger partial charge in [-0.15, -0.1) is 0 Å². The van der Waals surface area contributed by atoms with Gasteiger partial charge in [0.2, 0.25) is 0 Å². The van der Waals surface area contributed by atoms with Gasteiger partial charge in [-0.3, -0.25) is 0 Å². The fourth-order valence-electron chi connectivity index (χ4n) is 1.90. The summed E-state index contributed by atoms with van der Waals surface area (Å²) >= 11 is 0. The molecule has 2 rings (SSSR count). The van der Waals surface area contributed by atoms with Crippen LogP contribution in [0.3, 0.4) is 0 Å². The Morgan fingerprint density at radius 1 is 1.53 bits per heavy atom. The maximum absolute atomic E-state index is 13.1. The van der Waals surface area contributed by atoms with Crippen LogP contribution in [0.2, 0.25) is 0 Å². The van der Waals surface area contributed by atoms with E-state index < -0.39 is 0 Å². The molecular weight excluding hydrogens is 193 g/mol. The predicted octanol–water partition coefficient (Wildman–Crippen LogP) is 2.65. The first-order valence-corrected chi connectivity index (χ1v) is 5.47. The van der Waals surface area contributed by atoms with E-state index in [1.807, 2.05) is 0 Å². The Morgan fingerprint density at radius 2 is 2.40 bits per heavy atom. The number of nitrogens with one attached hydrogen (secondary N) is 1. The first-order chi connectivity index (χ1) is 7.31. The van der Waals surface area contributed by atoms with E-state index in [1.165, 1.54) is 6.07 Å². The largest absolute Gasteiger partial charge is 0.493 e. The third kappa shape index (κ3) is 2.29. The number of hydrogen-bond acceptors (Lipinski definition) is 2. The van der Waals surface area contributed by atoms with Crippen molar-refractivity contribution in [3.05, 3.63) is 29.6 Å². The van der Waals surface area contributed by atoms with Gasteiger partial charge in [0.15, 0.2) is 0 Å². The molecule has 15 heavy (non-hydrogen) atoms. The summed E-state index contributed by atoms with van der Waals surface area (Å²) in [6.07, 6.45) is 2.00. The van der Waals surface area contributed by atoms with Gasteiger partial charge in [-0.1, -0.05) is 6.92 Å². The van der Waals surface area contributed by atoms with Gasteiger partial charge in [0.05, 0.1) is 6.61 Å². The van der Waals surface area contributed by atoms with Crippen LogP contribution in [0.1, 0.15) is 31.4 Å². The molecule has 0 fully saturated rings. The first kappa shape index (κ1) is 10.4.